The molecule has 0 N–H and O–H groups in total. The Kier molecular flexibility index (Phi) is 8.08. The maximum Gasteiger partial charge on any atom is 0.357 e. The molecule has 0 aromatic rings. The van der Waals surface area contributed by atoms with E-state index in [-0.39, 0.29) is 11.8 Å². The minimum absolute atomic E-state index is 0.0554. The zero-order valence-corrected chi connectivity index (χ0v) is 10.2. The number of unbranched alkanes of at least 4 members (excludes halogenated alkanes) is 3. The number of rotatable bonds is 7. The molecule has 0 atom stereocenters. The molecule has 0 radical (unpaired) electrons. The lowest BCUT2D eigenvalue weighted by Gasteiger charge is -2.06. The lowest BCUT2D eigenvalue weighted by molar-refractivity contribution is -0.142. The number of carbonyl (C=O) groups excluding carboxylic acids is 2. The highest BCUT2D eigenvalue weighted by atomic mass is 16.5. The van der Waals surface area contributed by atoms with Crippen LogP contribution in [-0.4, -0.2) is 18.2 Å². The molecule has 0 aliphatic rings. The van der Waals surface area contributed by atoms with Crippen molar-refractivity contribution in [3.8, 4) is 0 Å². The summed E-state index contributed by atoms with van der Waals surface area (Å²) in [7, 11) is 0. The molecule has 0 amide bonds. The van der Waals surface area contributed by atoms with Crippen molar-refractivity contribution in [1.29, 1.82) is 0 Å². The topological polar surface area (TPSA) is 55.7 Å². The number of carbonyl (C=O) groups is 1. The van der Waals surface area contributed by atoms with Gasteiger partial charge in [0, 0.05) is 0 Å². The summed E-state index contributed by atoms with van der Waals surface area (Å²) in [5.41, 5.74) is 0.0554. The SMILES string of the molecule is CCCCCC=C(N=C=O)C(=O)OC(C)C. The molecule has 0 saturated heterocycles. The predicted octanol–water partition coefficient (Wildman–Crippen LogP) is 2.74. The standard InChI is InChI=1S/C12H19NO3/c1-4-5-6-7-8-11(13-9-14)12(15)16-10(2)3/h8,10H,4-7H2,1-3H3. The maximum atomic E-state index is 11.4. The summed E-state index contributed by atoms with van der Waals surface area (Å²) in [6.07, 6.45) is 6.68. The van der Waals surface area contributed by atoms with Gasteiger partial charge in [-0.3, -0.25) is 0 Å². The van der Waals surface area contributed by atoms with Crippen LogP contribution in [0.2, 0.25) is 0 Å². The third-order valence-electron chi connectivity index (χ3n) is 1.86. The molecule has 0 aliphatic heterocycles. The quantitative estimate of drug-likeness (QED) is 0.220. The van der Waals surface area contributed by atoms with Crippen molar-refractivity contribution in [2.24, 2.45) is 4.99 Å². The first-order chi connectivity index (χ1) is 7.61. The monoisotopic (exact) mass is 225 g/mol. The van der Waals surface area contributed by atoms with E-state index in [4.69, 9.17) is 4.74 Å². The van der Waals surface area contributed by atoms with Gasteiger partial charge < -0.3 is 4.74 Å². The summed E-state index contributed by atoms with van der Waals surface area (Å²) in [6.45, 7) is 5.59. The summed E-state index contributed by atoms with van der Waals surface area (Å²) in [5.74, 6) is -0.560. The Bertz CT molecular complexity index is 289. The minimum atomic E-state index is -0.560. The number of isocyanates is 1. The molecular weight excluding hydrogens is 206 g/mol. The highest BCUT2D eigenvalue weighted by Crippen LogP contribution is 2.07. The first-order valence-electron chi connectivity index (χ1n) is 5.60. The van der Waals surface area contributed by atoms with E-state index in [9.17, 15) is 9.59 Å². The normalized spacial score (nSPS) is 11.1. The summed E-state index contributed by atoms with van der Waals surface area (Å²) in [6, 6.07) is 0. The second-order valence-corrected chi connectivity index (χ2v) is 3.74. The third-order valence-corrected chi connectivity index (χ3v) is 1.86. The van der Waals surface area contributed by atoms with Crippen LogP contribution in [0.3, 0.4) is 0 Å². The molecule has 0 aromatic heterocycles. The largest absolute Gasteiger partial charge is 0.458 e. The van der Waals surface area contributed by atoms with Crippen molar-refractivity contribution in [2.45, 2.75) is 52.6 Å². The minimum Gasteiger partial charge on any atom is -0.458 e. The summed E-state index contributed by atoms with van der Waals surface area (Å²) >= 11 is 0. The first kappa shape index (κ1) is 14.6. The van der Waals surface area contributed by atoms with Gasteiger partial charge in [-0.15, -0.1) is 0 Å². The summed E-state index contributed by atoms with van der Waals surface area (Å²) in [5, 5.41) is 0. The summed E-state index contributed by atoms with van der Waals surface area (Å²) in [4.78, 5) is 25.0. The van der Waals surface area contributed by atoms with Crippen molar-refractivity contribution in [1.82, 2.24) is 0 Å². The molecule has 0 bridgehead atoms. The third kappa shape index (κ3) is 6.96. The number of allylic oxidation sites excluding steroid dienone is 1. The zero-order chi connectivity index (χ0) is 12.4. The number of aliphatic imine (C=N–C) groups is 1. The number of esters is 1. The Morgan fingerprint density at radius 2 is 2.12 bits per heavy atom. The second kappa shape index (κ2) is 8.86. The molecule has 0 fully saturated rings. The van der Waals surface area contributed by atoms with Gasteiger partial charge in [0.05, 0.1) is 6.10 Å². The van der Waals surface area contributed by atoms with Crippen molar-refractivity contribution >= 4 is 12.0 Å². The van der Waals surface area contributed by atoms with Crippen LogP contribution in [0.25, 0.3) is 0 Å². The molecule has 4 heteroatoms. The maximum absolute atomic E-state index is 11.4. The summed E-state index contributed by atoms with van der Waals surface area (Å²) < 4.78 is 4.94. The van der Waals surface area contributed by atoms with E-state index in [0.29, 0.717) is 0 Å². The van der Waals surface area contributed by atoms with Crippen LogP contribution in [0.4, 0.5) is 0 Å². The van der Waals surface area contributed by atoms with E-state index in [1.807, 2.05) is 0 Å². The Morgan fingerprint density at radius 3 is 2.62 bits per heavy atom. The number of hydrogen-bond donors (Lipinski definition) is 0. The molecule has 0 aliphatic carbocycles. The highest BCUT2D eigenvalue weighted by molar-refractivity contribution is 5.89. The van der Waals surface area contributed by atoms with Gasteiger partial charge in [-0.05, 0) is 26.7 Å². The van der Waals surface area contributed by atoms with Crippen LogP contribution < -0.4 is 0 Å². The van der Waals surface area contributed by atoms with Crippen LogP contribution in [0.1, 0.15) is 46.5 Å². The van der Waals surface area contributed by atoms with Crippen molar-refractivity contribution in [3.05, 3.63) is 11.8 Å². The Hall–Kier alpha value is -1.41. The van der Waals surface area contributed by atoms with Crippen molar-refractivity contribution < 1.29 is 14.3 Å². The second-order valence-electron chi connectivity index (χ2n) is 3.74. The molecule has 0 heterocycles. The fraction of sp³-hybridized carbons (Fsp3) is 0.667. The molecule has 4 nitrogen and oxygen atoms in total. The van der Waals surface area contributed by atoms with Gasteiger partial charge in [-0.1, -0.05) is 25.8 Å². The molecule has 16 heavy (non-hydrogen) atoms. The van der Waals surface area contributed by atoms with E-state index < -0.39 is 5.97 Å². The van der Waals surface area contributed by atoms with E-state index >= 15 is 0 Å². The Labute approximate surface area is 96.4 Å². The van der Waals surface area contributed by atoms with Crippen molar-refractivity contribution in [3.63, 3.8) is 0 Å². The molecule has 0 spiro atoms. The van der Waals surface area contributed by atoms with Gasteiger partial charge >= 0.3 is 5.97 Å². The van der Waals surface area contributed by atoms with E-state index in [1.165, 1.54) is 6.08 Å². The van der Waals surface area contributed by atoms with Gasteiger partial charge in [0.1, 0.15) is 0 Å². The van der Waals surface area contributed by atoms with E-state index in [2.05, 4.69) is 11.9 Å². The number of nitrogens with zero attached hydrogens (tertiary/aromatic N) is 1. The van der Waals surface area contributed by atoms with Gasteiger partial charge in [-0.25, -0.2) is 9.59 Å². The Morgan fingerprint density at radius 1 is 1.44 bits per heavy atom. The van der Waals surface area contributed by atoms with Crippen molar-refractivity contribution in [2.75, 3.05) is 0 Å². The fourth-order valence-electron chi connectivity index (χ4n) is 1.13. The molecule has 0 aromatic carbocycles. The first-order valence-corrected chi connectivity index (χ1v) is 5.60. The van der Waals surface area contributed by atoms with Gasteiger partial charge in [0.2, 0.25) is 6.08 Å². The fourth-order valence-corrected chi connectivity index (χ4v) is 1.13. The zero-order valence-electron chi connectivity index (χ0n) is 10.2. The van der Waals surface area contributed by atoms with E-state index in [1.54, 1.807) is 19.9 Å². The van der Waals surface area contributed by atoms with Crippen LogP contribution in [0.5, 0.6) is 0 Å². The van der Waals surface area contributed by atoms with Gasteiger partial charge in [-0.2, -0.15) is 4.99 Å². The lowest BCUT2D eigenvalue weighted by atomic mass is 10.2. The number of hydrogen-bond acceptors (Lipinski definition) is 4. The van der Waals surface area contributed by atoms with Gasteiger partial charge in [0.25, 0.3) is 0 Å². The highest BCUT2D eigenvalue weighted by Gasteiger charge is 2.11. The van der Waals surface area contributed by atoms with Crippen LogP contribution in [0, 0.1) is 0 Å². The molecule has 0 unspecified atom stereocenters. The van der Waals surface area contributed by atoms with Crippen LogP contribution in [0.15, 0.2) is 16.8 Å². The molecule has 0 saturated carbocycles. The molecular formula is C12H19NO3. The number of ether oxygens (including phenoxy) is 1. The Balaban J connectivity index is 4.35. The molecule has 90 valence electrons. The van der Waals surface area contributed by atoms with Crippen LogP contribution in [-0.2, 0) is 14.3 Å². The average molecular weight is 225 g/mol. The lowest BCUT2D eigenvalue weighted by Crippen LogP contribution is -2.12. The average Bonchev–Trinajstić information content (AvgIpc) is 2.21. The van der Waals surface area contributed by atoms with Gasteiger partial charge in [0.15, 0.2) is 5.70 Å². The molecule has 0 rings (SSSR count). The van der Waals surface area contributed by atoms with E-state index in [0.717, 1.165) is 25.7 Å². The smallest absolute Gasteiger partial charge is 0.357 e. The predicted molar refractivity (Wildman–Crippen MR) is 61.6 cm³/mol. The van der Waals surface area contributed by atoms with Crippen LogP contribution >= 0.6 is 0 Å².